The third kappa shape index (κ3) is 2.91. The Morgan fingerprint density at radius 2 is 2.26 bits per heavy atom. The molecule has 2 N–H and O–H groups in total. The van der Waals surface area contributed by atoms with Crippen LogP contribution in [-0.2, 0) is 6.42 Å². The maximum Gasteiger partial charge on any atom is 0.297 e. The van der Waals surface area contributed by atoms with Crippen LogP contribution in [0, 0.1) is 15.9 Å². The fourth-order valence-corrected chi connectivity index (χ4v) is 1.65. The van der Waals surface area contributed by atoms with Crippen LogP contribution < -0.4 is 5.73 Å². The Kier molecular flexibility index (Phi) is 3.81. The summed E-state index contributed by atoms with van der Waals surface area (Å²) in [4.78, 5) is 10.2. The van der Waals surface area contributed by atoms with Gasteiger partial charge in [-0.05, 0) is 31.5 Å². The topological polar surface area (TPSA) is 99.9 Å². The molecule has 0 fully saturated rings. The zero-order chi connectivity index (χ0) is 13.8. The van der Waals surface area contributed by atoms with E-state index in [1.165, 1.54) is 10.7 Å². The molecule has 0 bridgehead atoms. The normalized spacial score (nSPS) is 10.6. The smallest absolute Gasteiger partial charge is 0.297 e. The molecule has 19 heavy (non-hydrogen) atoms. The number of rotatable bonds is 5. The van der Waals surface area contributed by atoms with Crippen molar-refractivity contribution in [2.24, 2.45) is 5.73 Å². The number of nitrogens with two attached hydrogens (primary N) is 1. The van der Waals surface area contributed by atoms with Crippen molar-refractivity contribution in [2.45, 2.75) is 12.8 Å². The summed E-state index contributed by atoms with van der Waals surface area (Å²) in [6, 6.07) is 3.30. The highest BCUT2D eigenvalue weighted by Crippen LogP contribution is 2.23. The van der Waals surface area contributed by atoms with Gasteiger partial charge in [0.2, 0.25) is 0 Å². The predicted octanol–water partition coefficient (Wildman–Crippen LogP) is 1.21. The van der Waals surface area contributed by atoms with Crippen LogP contribution in [0.4, 0.5) is 10.1 Å². The van der Waals surface area contributed by atoms with Crippen LogP contribution in [0.2, 0.25) is 0 Å². The number of hydrogen-bond donors (Lipinski definition) is 1. The van der Waals surface area contributed by atoms with Gasteiger partial charge in [-0.3, -0.25) is 10.1 Å². The number of halogens is 1. The lowest BCUT2D eigenvalue weighted by Gasteiger charge is -2.01. The second-order valence-electron chi connectivity index (χ2n) is 3.94. The monoisotopic (exact) mass is 265 g/mol. The van der Waals surface area contributed by atoms with Gasteiger partial charge in [0.15, 0.2) is 0 Å². The Balaban J connectivity index is 2.36. The first kappa shape index (κ1) is 13.1. The minimum atomic E-state index is -0.668. The average Bonchev–Trinajstić information content (AvgIpc) is 2.84. The first-order valence-electron chi connectivity index (χ1n) is 5.67. The van der Waals surface area contributed by atoms with Crippen molar-refractivity contribution in [3.8, 4) is 5.69 Å². The Morgan fingerprint density at radius 3 is 2.95 bits per heavy atom. The molecular weight excluding hydrogens is 253 g/mol. The SMILES string of the molecule is NCCCc1cn(-c2ccc(F)cc2[N+](=O)[O-])nn1. The molecule has 0 unspecified atom stereocenters. The molecule has 1 aromatic carbocycles. The second-order valence-corrected chi connectivity index (χ2v) is 3.94. The quantitative estimate of drug-likeness (QED) is 0.646. The number of benzene rings is 1. The van der Waals surface area contributed by atoms with E-state index in [1.807, 2.05) is 0 Å². The molecule has 0 atom stereocenters. The van der Waals surface area contributed by atoms with Crippen LogP contribution >= 0.6 is 0 Å². The highest BCUT2D eigenvalue weighted by Gasteiger charge is 2.17. The van der Waals surface area contributed by atoms with E-state index in [2.05, 4.69) is 10.3 Å². The molecule has 100 valence electrons. The van der Waals surface area contributed by atoms with Gasteiger partial charge in [-0.1, -0.05) is 5.21 Å². The summed E-state index contributed by atoms with van der Waals surface area (Å²) in [6.07, 6.45) is 2.98. The number of aromatic nitrogens is 3. The summed E-state index contributed by atoms with van der Waals surface area (Å²) >= 11 is 0. The zero-order valence-corrected chi connectivity index (χ0v) is 9.99. The minimum Gasteiger partial charge on any atom is -0.330 e. The van der Waals surface area contributed by atoms with Crippen molar-refractivity contribution < 1.29 is 9.31 Å². The summed E-state index contributed by atoms with van der Waals surface area (Å²) in [5, 5.41) is 18.6. The molecule has 7 nitrogen and oxygen atoms in total. The maximum absolute atomic E-state index is 13.0. The van der Waals surface area contributed by atoms with Crippen molar-refractivity contribution >= 4 is 5.69 Å². The van der Waals surface area contributed by atoms with Gasteiger partial charge in [-0.25, -0.2) is 9.07 Å². The number of nitro groups is 1. The van der Waals surface area contributed by atoms with Crippen LogP contribution in [0.5, 0.6) is 0 Å². The number of nitrogens with zero attached hydrogens (tertiary/aromatic N) is 4. The molecule has 0 aliphatic carbocycles. The zero-order valence-electron chi connectivity index (χ0n) is 9.99. The van der Waals surface area contributed by atoms with Crippen LogP contribution in [0.15, 0.2) is 24.4 Å². The predicted molar refractivity (Wildman–Crippen MR) is 65.3 cm³/mol. The minimum absolute atomic E-state index is 0.179. The summed E-state index contributed by atoms with van der Waals surface area (Å²) in [7, 11) is 0. The van der Waals surface area contributed by atoms with Gasteiger partial charge in [0.25, 0.3) is 5.69 Å². The molecule has 1 aromatic heterocycles. The fourth-order valence-electron chi connectivity index (χ4n) is 1.65. The molecule has 1 heterocycles. The van der Waals surface area contributed by atoms with Gasteiger partial charge >= 0.3 is 0 Å². The Labute approximate surface area is 108 Å². The van der Waals surface area contributed by atoms with E-state index in [9.17, 15) is 14.5 Å². The van der Waals surface area contributed by atoms with Gasteiger partial charge in [-0.15, -0.1) is 5.10 Å². The second kappa shape index (κ2) is 5.53. The summed E-state index contributed by atoms with van der Waals surface area (Å²) in [5.41, 5.74) is 5.90. The lowest BCUT2D eigenvalue weighted by Crippen LogP contribution is -2.01. The average molecular weight is 265 g/mol. The molecule has 0 saturated carbocycles. The fraction of sp³-hybridized carbons (Fsp3) is 0.273. The number of nitro benzene ring substituents is 1. The lowest BCUT2D eigenvalue weighted by atomic mass is 10.2. The van der Waals surface area contributed by atoms with Crippen molar-refractivity contribution in [2.75, 3.05) is 6.54 Å². The van der Waals surface area contributed by atoms with Gasteiger partial charge in [0.1, 0.15) is 11.5 Å². The van der Waals surface area contributed by atoms with E-state index in [4.69, 9.17) is 5.73 Å². The largest absolute Gasteiger partial charge is 0.330 e. The van der Waals surface area contributed by atoms with Crippen molar-refractivity contribution in [3.63, 3.8) is 0 Å². The highest BCUT2D eigenvalue weighted by molar-refractivity contribution is 5.51. The molecule has 0 spiro atoms. The highest BCUT2D eigenvalue weighted by atomic mass is 19.1. The molecule has 2 rings (SSSR count). The molecule has 0 radical (unpaired) electrons. The Morgan fingerprint density at radius 1 is 1.47 bits per heavy atom. The number of aryl methyl sites for hydroxylation is 1. The van der Waals surface area contributed by atoms with E-state index in [0.717, 1.165) is 18.6 Å². The van der Waals surface area contributed by atoms with E-state index < -0.39 is 10.7 Å². The van der Waals surface area contributed by atoms with Crippen molar-refractivity contribution in [1.82, 2.24) is 15.0 Å². The third-order valence-corrected chi connectivity index (χ3v) is 2.56. The lowest BCUT2D eigenvalue weighted by molar-refractivity contribution is -0.384. The van der Waals surface area contributed by atoms with E-state index >= 15 is 0 Å². The van der Waals surface area contributed by atoms with Gasteiger partial charge in [-0.2, -0.15) is 0 Å². The molecule has 0 saturated heterocycles. The molecule has 2 aromatic rings. The van der Waals surface area contributed by atoms with Crippen LogP contribution in [0.1, 0.15) is 12.1 Å². The van der Waals surface area contributed by atoms with E-state index in [-0.39, 0.29) is 11.4 Å². The summed E-state index contributed by atoms with van der Waals surface area (Å²) in [6.45, 7) is 0.531. The summed E-state index contributed by atoms with van der Waals surface area (Å²) < 4.78 is 14.3. The third-order valence-electron chi connectivity index (χ3n) is 2.56. The van der Waals surface area contributed by atoms with Gasteiger partial charge in [0, 0.05) is 0 Å². The van der Waals surface area contributed by atoms with Crippen LogP contribution in [0.25, 0.3) is 5.69 Å². The molecule has 0 aliphatic rings. The Hall–Kier alpha value is -2.35. The molecule has 8 heteroatoms. The summed E-state index contributed by atoms with van der Waals surface area (Å²) in [5.74, 6) is -0.668. The van der Waals surface area contributed by atoms with Crippen molar-refractivity contribution in [3.05, 3.63) is 46.0 Å². The first-order valence-corrected chi connectivity index (χ1v) is 5.67. The molecule has 0 amide bonds. The van der Waals surface area contributed by atoms with Gasteiger partial charge in [0.05, 0.1) is 22.9 Å². The number of hydrogen-bond acceptors (Lipinski definition) is 5. The molecule has 0 aliphatic heterocycles. The van der Waals surface area contributed by atoms with Crippen molar-refractivity contribution in [1.29, 1.82) is 0 Å². The first-order chi connectivity index (χ1) is 9.11. The van der Waals surface area contributed by atoms with Gasteiger partial charge < -0.3 is 5.73 Å². The van der Waals surface area contributed by atoms with Crippen LogP contribution in [0.3, 0.4) is 0 Å². The van der Waals surface area contributed by atoms with E-state index in [0.29, 0.717) is 18.7 Å². The standard InChI is InChI=1S/C11H12FN5O2/c12-8-3-4-10(11(6-8)17(18)19)16-7-9(14-15-16)2-1-5-13/h3-4,6-7H,1-2,5,13H2. The Bertz CT molecular complexity index is 599. The maximum atomic E-state index is 13.0. The van der Waals surface area contributed by atoms with E-state index in [1.54, 1.807) is 6.20 Å². The van der Waals surface area contributed by atoms with Crippen LogP contribution in [-0.4, -0.2) is 26.5 Å². The molecular formula is C11H12FN5O2.